The zero-order chi connectivity index (χ0) is 12.1. The molecule has 2 rings (SSSR count). The second kappa shape index (κ2) is 6.53. The molecule has 2 unspecified atom stereocenters. The lowest BCUT2D eigenvalue weighted by Crippen LogP contribution is -2.48. The molecule has 1 fully saturated rings. The van der Waals surface area contributed by atoms with E-state index in [0.717, 1.165) is 18.5 Å². The Balaban J connectivity index is 1.78. The van der Waals surface area contributed by atoms with Gasteiger partial charge >= 0.3 is 0 Å². The number of thiophene rings is 1. The normalized spacial score (nSPS) is 26.2. The Morgan fingerprint density at radius 2 is 2.41 bits per heavy atom. The van der Waals surface area contributed by atoms with Crippen LogP contribution in [0.25, 0.3) is 0 Å². The average Bonchev–Trinajstić information content (AvgIpc) is 2.81. The molecule has 0 saturated carbocycles. The first-order valence-electron chi connectivity index (χ1n) is 6.77. The molecule has 0 amide bonds. The van der Waals surface area contributed by atoms with E-state index in [4.69, 9.17) is 0 Å². The maximum atomic E-state index is 3.68. The Hall–Kier alpha value is -0.380. The maximum Gasteiger partial charge on any atom is 0.0328 e. The first-order valence-corrected chi connectivity index (χ1v) is 7.65. The predicted molar refractivity (Wildman–Crippen MR) is 75.5 cm³/mol. The number of rotatable bonds is 5. The van der Waals surface area contributed by atoms with Crippen LogP contribution in [0.3, 0.4) is 0 Å². The quantitative estimate of drug-likeness (QED) is 0.867. The fourth-order valence-electron chi connectivity index (χ4n) is 2.63. The van der Waals surface area contributed by atoms with Gasteiger partial charge in [0.2, 0.25) is 0 Å². The Morgan fingerprint density at radius 3 is 3.06 bits per heavy atom. The fraction of sp³-hybridized carbons (Fsp3) is 0.714. The number of likely N-dealkylation sites (tertiary alicyclic amines) is 1. The van der Waals surface area contributed by atoms with Gasteiger partial charge in [-0.25, -0.2) is 0 Å². The summed E-state index contributed by atoms with van der Waals surface area (Å²) in [7, 11) is 0. The molecule has 2 nitrogen and oxygen atoms in total. The van der Waals surface area contributed by atoms with Crippen molar-refractivity contribution in [3.05, 3.63) is 22.4 Å². The molecule has 2 atom stereocenters. The van der Waals surface area contributed by atoms with E-state index in [1.54, 1.807) is 0 Å². The summed E-state index contributed by atoms with van der Waals surface area (Å²) in [6.07, 6.45) is 2.54. The molecule has 1 aromatic rings. The van der Waals surface area contributed by atoms with E-state index in [0.29, 0.717) is 0 Å². The van der Waals surface area contributed by atoms with Gasteiger partial charge in [-0.05, 0) is 36.8 Å². The van der Waals surface area contributed by atoms with Crippen molar-refractivity contribution in [2.24, 2.45) is 5.92 Å². The van der Waals surface area contributed by atoms with Crippen LogP contribution in [0, 0.1) is 5.92 Å². The van der Waals surface area contributed by atoms with Gasteiger partial charge in [-0.15, -0.1) is 11.3 Å². The molecule has 96 valence electrons. The highest BCUT2D eigenvalue weighted by molar-refractivity contribution is 7.09. The topological polar surface area (TPSA) is 15.3 Å². The van der Waals surface area contributed by atoms with E-state index < -0.39 is 0 Å². The average molecular weight is 252 g/mol. The largest absolute Gasteiger partial charge is 0.314 e. The molecule has 0 aromatic carbocycles. The van der Waals surface area contributed by atoms with Crippen molar-refractivity contribution < 1.29 is 0 Å². The van der Waals surface area contributed by atoms with Crippen LogP contribution in [0.5, 0.6) is 0 Å². The molecule has 0 radical (unpaired) electrons. The van der Waals surface area contributed by atoms with Crippen LogP contribution in [0.15, 0.2) is 17.5 Å². The van der Waals surface area contributed by atoms with E-state index in [1.807, 2.05) is 11.3 Å². The molecular weight excluding hydrogens is 228 g/mol. The van der Waals surface area contributed by atoms with Crippen LogP contribution in [0.4, 0.5) is 0 Å². The zero-order valence-electron chi connectivity index (χ0n) is 11.0. The third kappa shape index (κ3) is 3.80. The van der Waals surface area contributed by atoms with Crippen molar-refractivity contribution in [3.63, 3.8) is 0 Å². The van der Waals surface area contributed by atoms with Crippen molar-refractivity contribution in [1.82, 2.24) is 10.2 Å². The van der Waals surface area contributed by atoms with Gasteiger partial charge in [-0.3, -0.25) is 4.90 Å². The molecule has 0 bridgehead atoms. The summed E-state index contributed by atoms with van der Waals surface area (Å²) in [5.41, 5.74) is 0. The minimum absolute atomic E-state index is 0.731. The van der Waals surface area contributed by atoms with Crippen molar-refractivity contribution in [1.29, 1.82) is 0 Å². The van der Waals surface area contributed by atoms with Gasteiger partial charge in [-0.1, -0.05) is 19.9 Å². The first-order chi connectivity index (χ1) is 8.29. The Bertz CT molecular complexity index is 310. The number of nitrogens with one attached hydrogen (secondary N) is 1. The van der Waals surface area contributed by atoms with Crippen molar-refractivity contribution in [2.45, 2.75) is 39.3 Å². The number of hydrogen-bond donors (Lipinski definition) is 1. The molecule has 0 aliphatic carbocycles. The van der Waals surface area contributed by atoms with Crippen LogP contribution in [-0.2, 0) is 6.54 Å². The Morgan fingerprint density at radius 1 is 1.53 bits per heavy atom. The highest BCUT2D eigenvalue weighted by atomic mass is 32.1. The molecule has 0 spiro atoms. The van der Waals surface area contributed by atoms with Crippen LogP contribution in [-0.4, -0.2) is 30.6 Å². The summed E-state index contributed by atoms with van der Waals surface area (Å²) in [4.78, 5) is 4.10. The molecule has 1 aliphatic rings. The molecule has 1 aromatic heterocycles. The van der Waals surface area contributed by atoms with Crippen LogP contribution >= 0.6 is 11.3 Å². The number of piperidine rings is 1. The van der Waals surface area contributed by atoms with Crippen LogP contribution < -0.4 is 5.32 Å². The van der Waals surface area contributed by atoms with E-state index >= 15 is 0 Å². The van der Waals surface area contributed by atoms with Crippen molar-refractivity contribution in [3.8, 4) is 0 Å². The summed E-state index contributed by atoms with van der Waals surface area (Å²) < 4.78 is 0. The van der Waals surface area contributed by atoms with Gasteiger partial charge in [-0.2, -0.15) is 0 Å². The van der Waals surface area contributed by atoms with Gasteiger partial charge in [0, 0.05) is 30.6 Å². The summed E-state index contributed by atoms with van der Waals surface area (Å²) in [5, 5.41) is 5.85. The second-order valence-electron chi connectivity index (χ2n) is 5.14. The molecule has 17 heavy (non-hydrogen) atoms. The highest BCUT2D eigenvalue weighted by Crippen LogP contribution is 2.20. The molecular formula is C14H24N2S. The smallest absolute Gasteiger partial charge is 0.0328 e. The Kier molecular flexibility index (Phi) is 5.01. The van der Waals surface area contributed by atoms with Crippen molar-refractivity contribution in [2.75, 3.05) is 19.6 Å². The van der Waals surface area contributed by atoms with Gasteiger partial charge in [0.1, 0.15) is 0 Å². The fourth-order valence-corrected chi connectivity index (χ4v) is 3.38. The lowest BCUT2D eigenvalue weighted by molar-refractivity contribution is 0.142. The lowest BCUT2D eigenvalue weighted by atomic mass is 9.93. The summed E-state index contributed by atoms with van der Waals surface area (Å²) >= 11 is 1.88. The van der Waals surface area contributed by atoms with Crippen molar-refractivity contribution >= 4 is 11.3 Å². The minimum atomic E-state index is 0.731. The van der Waals surface area contributed by atoms with Gasteiger partial charge < -0.3 is 5.32 Å². The second-order valence-corrected chi connectivity index (χ2v) is 6.17. The minimum Gasteiger partial charge on any atom is -0.314 e. The lowest BCUT2D eigenvalue weighted by Gasteiger charge is -2.37. The molecule has 1 N–H and O–H groups in total. The maximum absolute atomic E-state index is 3.68. The third-order valence-electron chi connectivity index (χ3n) is 3.61. The van der Waals surface area contributed by atoms with E-state index in [9.17, 15) is 0 Å². The van der Waals surface area contributed by atoms with E-state index in [2.05, 4.69) is 41.6 Å². The molecule has 2 heterocycles. The third-order valence-corrected chi connectivity index (χ3v) is 4.47. The van der Waals surface area contributed by atoms with Crippen LogP contribution in [0.1, 0.15) is 31.6 Å². The monoisotopic (exact) mass is 252 g/mol. The van der Waals surface area contributed by atoms with E-state index in [-0.39, 0.29) is 0 Å². The number of hydrogen-bond acceptors (Lipinski definition) is 3. The van der Waals surface area contributed by atoms with Gasteiger partial charge in [0.05, 0.1) is 0 Å². The summed E-state index contributed by atoms with van der Waals surface area (Å²) in [6.45, 7) is 9.41. The summed E-state index contributed by atoms with van der Waals surface area (Å²) in [6, 6.07) is 5.13. The van der Waals surface area contributed by atoms with Gasteiger partial charge in [0.15, 0.2) is 0 Å². The SMILES string of the molecule is CCCNC1CCN(Cc2cccs2)CC1C. The van der Waals surface area contributed by atoms with E-state index in [1.165, 1.54) is 37.4 Å². The highest BCUT2D eigenvalue weighted by Gasteiger charge is 2.25. The molecule has 3 heteroatoms. The standard InChI is InChI=1S/C14H24N2S/c1-3-7-15-14-6-8-16(10-12(14)2)11-13-5-4-9-17-13/h4-5,9,12,14-15H,3,6-8,10-11H2,1-2H3. The summed E-state index contributed by atoms with van der Waals surface area (Å²) in [5.74, 6) is 0.773. The van der Waals surface area contributed by atoms with Crippen LogP contribution in [0.2, 0.25) is 0 Å². The van der Waals surface area contributed by atoms with Gasteiger partial charge in [0.25, 0.3) is 0 Å². The molecule has 1 saturated heterocycles. The predicted octanol–water partition coefficient (Wildman–Crippen LogP) is 2.96. The Labute approximate surface area is 109 Å². The first kappa shape index (κ1) is 13.1. The molecule has 1 aliphatic heterocycles. The number of nitrogens with zero attached hydrogens (tertiary/aromatic N) is 1. The zero-order valence-corrected chi connectivity index (χ0v) is 11.8.